The summed E-state index contributed by atoms with van der Waals surface area (Å²) in [5.74, 6) is 0.977. The molecular weight excluding hydrogens is 308 g/mol. The smallest absolute Gasteiger partial charge is 0.276 e. The first-order chi connectivity index (χ1) is 11.7. The summed E-state index contributed by atoms with van der Waals surface area (Å²) in [6, 6.07) is 2.21. The van der Waals surface area contributed by atoms with E-state index in [0.29, 0.717) is 17.8 Å². The molecule has 8 nitrogen and oxygen atoms in total. The molecule has 0 atom stereocenters. The largest absolute Gasteiger partial charge is 0.343 e. The molecule has 0 spiro atoms. The van der Waals surface area contributed by atoms with Gasteiger partial charge in [-0.1, -0.05) is 24.4 Å². The second kappa shape index (κ2) is 6.01. The van der Waals surface area contributed by atoms with Gasteiger partial charge in [-0.05, 0) is 18.9 Å². The van der Waals surface area contributed by atoms with Crippen LogP contribution in [0, 0.1) is 0 Å². The van der Waals surface area contributed by atoms with Crippen molar-refractivity contribution in [2.24, 2.45) is 0 Å². The zero-order chi connectivity index (χ0) is 16.6. The van der Waals surface area contributed by atoms with E-state index in [-0.39, 0.29) is 5.91 Å². The SMILES string of the molecule is CC(=O)NC1(c2noc(-c3ccnn3C3CNC3)n2)CCCCC1. The van der Waals surface area contributed by atoms with Gasteiger partial charge in [0.2, 0.25) is 5.91 Å². The summed E-state index contributed by atoms with van der Waals surface area (Å²) < 4.78 is 7.46. The molecule has 2 N–H and O–H groups in total. The van der Waals surface area contributed by atoms with Crippen LogP contribution in [0.5, 0.6) is 0 Å². The lowest BCUT2D eigenvalue weighted by Crippen LogP contribution is -2.47. The third-order valence-electron chi connectivity index (χ3n) is 4.97. The molecule has 0 unspecified atom stereocenters. The number of carbonyl (C=O) groups is 1. The Kier molecular flexibility index (Phi) is 3.84. The van der Waals surface area contributed by atoms with Crippen LogP contribution in [0.1, 0.15) is 50.9 Å². The van der Waals surface area contributed by atoms with Crippen molar-refractivity contribution in [3.63, 3.8) is 0 Å². The van der Waals surface area contributed by atoms with Crippen molar-refractivity contribution in [1.82, 2.24) is 30.6 Å². The van der Waals surface area contributed by atoms with Crippen LogP contribution in [0.4, 0.5) is 0 Å². The third kappa shape index (κ3) is 2.60. The van der Waals surface area contributed by atoms with Crippen molar-refractivity contribution in [1.29, 1.82) is 0 Å². The van der Waals surface area contributed by atoms with E-state index in [0.717, 1.165) is 44.5 Å². The lowest BCUT2D eigenvalue weighted by Gasteiger charge is -2.34. The highest BCUT2D eigenvalue weighted by Gasteiger charge is 2.39. The maximum Gasteiger partial charge on any atom is 0.276 e. The second-order valence-corrected chi connectivity index (χ2v) is 6.72. The molecule has 2 aliphatic rings. The van der Waals surface area contributed by atoms with Gasteiger partial charge in [0.25, 0.3) is 5.89 Å². The van der Waals surface area contributed by atoms with Gasteiger partial charge in [0.15, 0.2) is 5.82 Å². The Hall–Kier alpha value is -2.22. The molecule has 1 amide bonds. The molecule has 24 heavy (non-hydrogen) atoms. The molecule has 8 heteroatoms. The zero-order valence-corrected chi connectivity index (χ0v) is 13.8. The van der Waals surface area contributed by atoms with Gasteiger partial charge in [0.05, 0.1) is 6.04 Å². The van der Waals surface area contributed by atoms with Gasteiger partial charge >= 0.3 is 0 Å². The van der Waals surface area contributed by atoms with Crippen molar-refractivity contribution in [3.8, 4) is 11.6 Å². The van der Waals surface area contributed by atoms with E-state index in [9.17, 15) is 4.79 Å². The van der Waals surface area contributed by atoms with Crippen LogP contribution >= 0.6 is 0 Å². The Labute approximate surface area is 140 Å². The van der Waals surface area contributed by atoms with E-state index in [1.165, 1.54) is 13.3 Å². The minimum Gasteiger partial charge on any atom is -0.343 e. The molecule has 128 valence electrons. The fraction of sp³-hybridized carbons (Fsp3) is 0.625. The van der Waals surface area contributed by atoms with Gasteiger partial charge in [-0.2, -0.15) is 10.1 Å². The van der Waals surface area contributed by atoms with Crippen molar-refractivity contribution < 1.29 is 9.32 Å². The summed E-state index contributed by atoms with van der Waals surface area (Å²) in [5, 5.41) is 14.9. The predicted molar refractivity (Wildman–Crippen MR) is 86.0 cm³/mol. The molecular formula is C16H22N6O2. The Morgan fingerprint density at radius 3 is 2.83 bits per heavy atom. The van der Waals surface area contributed by atoms with Gasteiger partial charge in [-0.3, -0.25) is 9.48 Å². The van der Waals surface area contributed by atoms with E-state index in [1.807, 2.05) is 10.7 Å². The van der Waals surface area contributed by atoms with Crippen LogP contribution in [0.25, 0.3) is 11.6 Å². The summed E-state index contributed by atoms with van der Waals surface area (Å²) >= 11 is 0. The van der Waals surface area contributed by atoms with Gasteiger partial charge in [0.1, 0.15) is 11.2 Å². The minimum absolute atomic E-state index is 0.0613. The molecule has 4 rings (SSSR count). The lowest BCUT2D eigenvalue weighted by molar-refractivity contribution is -0.121. The Morgan fingerprint density at radius 2 is 2.17 bits per heavy atom. The van der Waals surface area contributed by atoms with E-state index < -0.39 is 5.54 Å². The first kappa shape index (κ1) is 15.3. The molecule has 0 aromatic carbocycles. The number of nitrogens with zero attached hydrogens (tertiary/aromatic N) is 4. The Bertz CT molecular complexity index is 727. The quantitative estimate of drug-likeness (QED) is 0.879. The van der Waals surface area contributed by atoms with E-state index >= 15 is 0 Å². The molecule has 1 saturated heterocycles. The van der Waals surface area contributed by atoms with Crippen LogP contribution in [-0.4, -0.2) is 38.9 Å². The molecule has 2 aromatic heterocycles. The van der Waals surface area contributed by atoms with Crippen LogP contribution in [-0.2, 0) is 10.3 Å². The number of hydrogen-bond acceptors (Lipinski definition) is 6. The fourth-order valence-electron chi connectivity index (χ4n) is 3.64. The van der Waals surface area contributed by atoms with E-state index in [4.69, 9.17) is 4.52 Å². The van der Waals surface area contributed by atoms with Crippen molar-refractivity contribution in [3.05, 3.63) is 18.1 Å². The Balaban J connectivity index is 1.66. The Morgan fingerprint density at radius 1 is 1.38 bits per heavy atom. The molecule has 3 heterocycles. The van der Waals surface area contributed by atoms with Gasteiger partial charge in [-0.25, -0.2) is 0 Å². The van der Waals surface area contributed by atoms with Crippen LogP contribution < -0.4 is 10.6 Å². The molecule has 1 saturated carbocycles. The second-order valence-electron chi connectivity index (χ2n) is 6.72. The molecule has 1 aliphatic carbocycles. The summed E-state index contributed by atoms with van der Waals surface area (Å²) in [6.07, 6.45) is 6.72. The minimum atomic E-state index is -0.505. The number of carbonyl (C=O) groups excluding carboxylic acids is 1. The number of rotatable bonds is 4. The topological polar surface area (TPSA) is 97.9 Å². The van der Waals surface area contributed by atoms with Gasteiger partial charge < -0.3 is 15.2 Å². The average molecular weight is 330 g/mol. The molecule has 1 aliphatic heterocycles. The average Bonchev–Trinajstić information content (AvgIpc) is 3.14. The van der Waals surface area contributed by atoms with Crippen LogP contribution in [0.3, 0.4) is 0 Å². The van der Waals surface area contributed by atoms with Crippen LogP contribution in [0.15, 0.2) is 16.8 Å². The molecule has 2 fully saturated rings. The standard InChI is InChI=1S/C16H22N6O2/c1-11(23)20-16(6-3-2-4-7-16)15-19-14(24-21-15)13-5-8-18-22(13)12-9-17-10-12/h5,8,12,17H,2-4,6-7,9-10H2,1H3,(H,20,23). The summed E-state index contributed by atoms with van der Waals surface area (Å²) in [4.78, 5) is 16.3. The number of nitrogens with one attached hydrogen (secondary N) is 2. The van der Waals surface area contributed by atoms with Crippen molar-refractivity contribution in [2.75, 3.05) is 13.1 Å². The maximum atomic E-state index is 11.7. The highest BCUT2D eigenvalue weighted by Crippen LogP contribution is 2.36. The zero-order valence-electron chi connectivity index (χ0n) is 13.8. The monoisotopic (exact) mass is 330 g/mol. The third-order valence-corrected chi connectivity index (χ3v) is 4.97. The first-order valence-electron chi connectivity index (χ1n) is 8.55. The number of amides is 1. The van der Waals surface area contributed by atoms with E-state index in [1.54, 1.807) is 6.20 Å². The maximum absolute atomic E-state index is 11.7. The normalized spacial score (nSPS) is 20.5. The van der Waals surface area contributed by atoms with E-state index in [2.05, 4.69) is 25.9 Å². The summed E-state index contributed by atoms with van der Waals surface area (Å²) in [5.41, 5.74) is 0.323. The highest BCUT2D eigenvalue weighted by molar-refractivity contribution is 5.74. The molecule has 0 bridgehead atoms. The highest BCUT2D eigenvalue weighted by atomic mass is 16.5. The first-order valence-corrected chi connectivity index (χ1v) is 8.55. The fourth-order valence-corrected chi connectivity index (χ4v) is 3.64. The summed E-state index contributed by atoms with van der Waals surface area (Å²) in [6.45, 7) is 3.33. The summed E-state index contributed by atoms with van der Waals surface area (Å²) in [7, 11) is 0. The van der Waals surface area contributed by atoms with Crippen LogP contribution in [0.2, 0.25) is 0 Å². The van der Waals surface area contributed by atoms with Crippen molar-refractivity contribution >= 4 is 5.91 Å². The molecule has 0 radical (unpaired) electrons. The predicted octanol–water partition coefficient (Wildman–Crippen LogP) is 1.37. The molecule has 2 aromatic rings. The van der Waals surface area contributed by atoms with Crippen molar-refractivity contribution in [2.45, 2.75) is 50.6 Å². The number of aromatic nitrogens is 4. The van der Waals surface area contributed by atoms with Gasteiger partial charge in [-0.15, -0.1) is 0 Å². The number of hydrogen-bond donors (Lipinski definition) is 2. The lowest BCUT2D eigenvalue weighted by atomic mass is 9.81. The van der Waals surface area contributed by atoms with Gasteiger partial charge in [0, 0.05) is 26.2 Å².